The van der Waals surface area contributed by atoms with Gasteiger partial charge < -0.3 is 5.11 Å². The maximum Gasteiger partial charge on any atom is 0.333 e. The minimum Gasteiger partial charge on any atom is -0.478 e. The Hall–Kier alpha value is -2.15. The second-order valence-corrected chi connectivity index (χ2v) is 8.13. The van der Waals surface area contributed by atoms with Gasteiger partial charge in [-0.2, -0.15) is 4.31 Å². The van der Waals surface area contributed by atoms with Crippen molar-refractivity contribution in [2.24, 2.45) is 0 Å². The van der Waals surface area contributed by atoms with Gasteiger partial charge in [0.15, 0.2) is 0 Å². The van der Waals surface area contributed by atoms with Crippen LogP contribution < -0.4 is 0 Å². The number of carboxylic acids is 1. The lowest BCUT2D eigenvalue weighted by atomic mass is 10.0. The Morgan fingerprint density at radius 1 is 1.12 bits per heavy atom. The van der Waals surface area contributed by atoms with Crippen molar-refractivity contribution in [2.75, 3.05) is 6.54 Å². The molecule has 3 rings (SSSR count). The number of hydrogen-bond acceptors (Lipinski definition) is 3. The number of aliphatic carboxylic acids is 1. The quantitative estimate of drug-likeness (QED) is 0.886. The molecule has 1 aliphatic rings. The van der Waals surface area contributed by atoms with Crippen molar-refractivity contribution in [2.45, 2.75) is 17.9 Å². The largest absolute Gasteiger partial charge is 0.478 e. The van der Waals surface area contributed by atoms with E-state index in [9.17, 15) is 18.3 Å². The summed E-state index contributed by atoms with van der Waals surface area (Å²) in [5.41, 5.74) is 1.54. The second-order valence-electron chi connectivity index (χ2n) is 5.81. The number of aryl methyl sites for hydroxylation is 1. The molecule has 1 aliphatic heterocycles. The van der Waals surface area contributed by atoms with Gasteiger partial charge in [0.25, 0.3) is 0 Å². The molecule has 2 aromatic carbocycles. The molecular weight excluding hydrogens is 362 g/mol. The summed E-state index contributed by atoms with van der Waals surface area (Å²) >= 11 is 5.89. The molecule has 0 aliphatic carbocycles. The number of sulfonamides is 1. The highest BCUT2D eigenvalue weighted by Crippen LogP contribution is 2.38. The molecule has 7 heteroatoms. The Morgan fingerprint density at radius 3 is 2.28 bits per heavy atom. The summed E-state index contributed by atoms with van der Waals surface area (Å²) in [4.78, 5) is 11.7. The third-order valence-electron chi connectivity index (χ3n) is 4.13. The van der Waals surface area contributed by atoms with E-state index in [2.05, 4.69) is 0 Å². The molecule has 0 bridgehead atoms. The Kier molecular flexibility index (Phi) is 4.69. The van der Waals surface area contributed by atoms with Gasteiger partial charge in [-0.3, -0.25) is 0 Å². The lowest BCUT2D eigenvalue weighted by molar-refractivity contribution is -0.133. The van der Waals surface area contributed by atoms with Gasteiger partial charge in [-0.05, 0) is 36.8 Å². The van der Waals surface area contributed by atoms with E-state index in [-0.39, 0.29) is 17.0 Å². The molecule has 1 unspecified atom stereocenters. The van der Waals surface area contributed by atoms with Crippen molar-refractivity contribution in [3.63, 3.8) is 0 Å². The van der Waals surface area contributed by atoms with Crippen LogP contribution in [0.25, 0.3) is 0 Å². The van der Waals surface area contributed by atoms with E-state index in [1.807, 2.05) is 6.92 Å². The van der Waals surface area contributed by atoms with Gasteiger partial charge in [-0.1, -0.05) is 47.5 Å². The van der Waals surface area contributed by atoms with Crippen molar-refractivity contribution in [3.8, 4) is 0 Å². The number of halogens is 1. The molecule has 0 amide bonds. The number of benzene rings is 2. The molecule has 0 saturated heterocycles. The van der Waals surface area contributed by atoms with Crippen molar-refractivity contribution in [1.29, 1.82) is 0 Å². The molecule has 25 heavy (non-hydrogen) atoms. The highest BCUT2D eigenvalue weighted by atomic mass is 35.5. The van der Waals surface area contributed by atoms with E-state index in [1.54, 1.807) is 36.4 Å². The van der Waals surface area contributed by atoms with Crippen LogP contribution in [0.3, 0.4) is 0 Å². The Bertz CT molecular complexity index is 934. The average molecular weight is 378 g/mol. The van der Waals surface area contributed by atoms with E-state index in [0.29, 0.717) is 10.6 Å². The first kappa shape index (κ1) is 17.7. The first-order chi connectivity index (χ1) is 11.8. The van der Waals surface area contributed by atoms with Gasteiger partial charge in [0, 0.05) is 11.6 Å². The van der Waals surface area contributed by atoms with Gasteiger partial charge >= 0.3 is 5.97 Å². The molecule has 1 atom stereocenters. The Morgan fingerprint density at radius 2 is 1.72 bits per heavy atom. The van der Waals surface area contributed by atoms with Crippen LogP contribution in [0.1, 0.15) is 17.2 Å². The van der Waals surface area contributed by atoms with Crippen LogP contribution in [0.5, 0.6) is 0 Å². The van der Waals surface area contributed by atoms with E-state index < -0.39 is 22.0 Å². The van der Waals surface area contributed by atoms with Crippen molar-refractivity contribution < 1.29 is 18.3 Å². The van der Waals surface area contributed by atoms with Crippen LogP contribution in [-0.4, -0.2) is 30.3 Å². The molecule has 130 valence electrons. The first-order valence-electron chi connectivity index (χ1n) is 7.58. The summed E-state index contributed by atoms with van der Waals surface area (Å²) in [6.07, 6.45) is 1.44. The second kappa shape index (κ2) is 6.63. The lowest BCUT2D eigenvalue weighted by Gasteiger charge is -2.26. The minimum absolute atomic E-state index is 0.00510. The fourth-order valence-electron chi connectivity index (χ4n) is 2.84. The molecule has 0 aromatic heterocycles. The summed E-state index contributed by atoms with van der Waals surface area (Å²) in [6, 6.07) is 12.1. The zero-order chi connectivity index (χ0) is 18.2. The fraction of sp³-hybridized carbons (Fsp3) is 0.167. The summed E-state index contributed by atoms with van der Waals surface area (Å²) in [7, 11) is -3.84. The number of nitrogens with zero attached hydrogens (tertiary/aromatic N) is 1. The highest BCUT2D eigenvalue weighted by molar-refractivity contribution is 7.89. The topological polar surface area (TPSA) is 74.7 Å². The predicted molar refractivity (Wildman–Crippen MR) is 95.0 cm³/mol. The van der Waals surface area contributed by atoms with Gasteiger partial charge in [0.05, 0.1) is 16.5 Å². The molecule has 1 N–H and O–H groups in total. The van der Waals surface area contributed by atoms with Crippen LogP contribution in [0.2, 0.25) is 5.02 Å². The molecule has 0 fully saturated rings. The third kappa shape index (κ3) is 3.33. The van der Waals surface area contributed by atoms with Gasteiger partial charge in [-0.15, -0.1) is 0 Å². The van der Waals surface area contributed by atoms with E-state index >= 15 is 0 Å². The molecule has 0 saturated carbocycles. The molecule has 0 spiro atoms. The summed E-state index contributed by atoms with van der Waals surface area (Å²) in [5, 5.41) is 9.97. The molecule has 5 nitrogen and oxygen atoms in total. The molecule has 0 radical (unpaired) electrons. The summed E-state index contributed by atoms with van der Waals surface area (Å²) in [5.74, 6) is -1.14. The predicted octanol–water partition coefficient (Wildman–Crippen LogP) is 3.41. The van der Waals surface area contributed by atoms with Crippen LogP contribution in [-0.2, 0) is 14.8 Å². The Balaban J connectivity index is 2.06. The van der Waals surface area contributed by atoms with Crippen LogP contribution in [0.4, 0.5) is 0 Å². The monoisotopic (exact) mass is 377 g/mol. The smallest absolute Gasteiger partial charge is 0.333 e. The molecule has 1 heterocycles. The normalized spacial score (nSPS) is 18.2. The number of rotatable bonds is 4. The summed E-state index contributed by atoms with van der Waals surface area (Å²) < 4.78 is 27.3. The van der Waals surface area contributed by atoms with Crippen molar-refractivity contribution in [3.05, 3.63) is 76.3 Å². The maximum atomic E-state index is 13.0. The zero-order valence-corrected chi connectivity index (χ0v) is 15.0. The van der Waals surface area contributed by atoms with E-state index in [4.69, 9.17) is 11.6 Å². The van der Waals surface area contributed by atoms with Crippen LogP contribution >= 0.6 is 11.6 Å². The van der Waals surface area contributed by atoms with Gasteiger partial charge in [-0.25, -0.2) is 13.2 Å². The molecule has 2 aromatic rings. The van der Waals surface area contributed by atoms with Gasteiger partial charge in [0.1, 0.15) is 0 Å². The maximum absolute atomic E-state index is 13.0. The van der Waals surface area contributed by atoms with E-state index in [0.717, 1.165) is 5.56 Å². The Labute approximate surface area is 151 Å². The van der Waals surface area contributed by atoms with Gasteiger partial charge in [0.2, 0.25) is 10.0 Å². The minimum atomic E-state index is -3.84. The van der Waals surface area contributed by atoms with Crippen LogP contribution in [0.15, 0.2) is 65.1 Å². The molecular formula is C18H16ClNO4S. The highest BCUT2D eigenvalue weighted by Gasteiger charge is 2.40. The number of carboxylic acid groups (broad SMARTS) is 1. The van der Waals surface area contributed by atoms with Crippen LogP contribution in [0, 0.1) is 6.92 Å². The lowest BCUT2D eigenvalue weighted by Crippen LogP contribution is -2.33. The number of carbonyl (C=O) groups is 1. The summed E-state index contributed by atoms with van der Waals surface area (Å²) in [6.45, 7) is 1.87. The standard InChI is InChI=1S/C18H16ClNO4S/c1-12-2-8-15(9-3-12)25(23,24)20-11-10-16(18(21)22)17(20)13-4-6-14(19)7-5-13/h2-10,17H,11H2,1H3,(H,21,22). The number of hydrogen-bond donors (Lipinski definition) is 1. The van der Waals surface area contributed by atoms with Crippen molar-refractivity contribution in [1.82, 2.24) is 4.31 Å². The average Bonchev–Trinajstić information content (AvgIpc) is 3.02. The first-order valence-corrected chi connectivity index (χ1v) is 9.40. The zero-order valence-electron chi connectivity index (χ0n) is 13.4. The fourth-order valence-corrected chi connectivity index (χ4v) is 4.50. The SMILES string of the molecule is Cc1ccc(S(=O)(=O)N2CC=C(C(=O)O)C2c2ccc(Cl)cc2)cc1. The van der Waals surface area contributed by atoms with Crippen molar-refractivity contribution >= 4 is 27.6 Å². The third-order valence-corrected chi connectivity index (χ3v) is 6.23. The van der Waals surface area contributed by atoms with E-state index in [1.165, 1.54) is 22.5 Å².